The van der Waals surface area contributed by atoms with E-state index in [0.29, 0.717) is 39.5 Å². The number of ketones is 1. The van der Waals surface area contributed by atoms with Crippen LogP contribution in [0, 0.1) is 0 Å². The molecule has 0 atom stereocenters. The van der Waals surface area contributed by atoms with Crippen LogP contribution in [-0.4, -0.2) is 25.3 Å². The van der Waals surface area contributed by atoms with Gasteiger partial charge in [0.2, 0.25) is 0 Å². The molecule has 0 saturated heterocycles. The van der Waals surface area contributed by atoms with Crippen LogP contribution in [0.25, 0.3) is 22.6 Å². The number of aromatic nitrogens is 4. The van der Waals surface area contributed by atoms with Crippen molar-refractivity contribution in [2.45, 2.75) is 39.5 Å². The molecule has 0 aliphatic rings. The highest BCUT2D eigenvalue weighted by atomic mass is 19.4. The number of alkyl halides is 3. The molecule has 4 rings (SSSR count). The molecule has 0 unspecified atom stereocenters. The second-order valence-electron chi connectivity index (χ2n) is 8.00. The molecule has 2 heterocycles. The molecule has 6 nitrogen and oxygen atoms in total. The van der Waals surface area contributed by atoms with Crippen molar-refractivity contribution in [1.29, 1.82) is 0 Å². The summed E-state index contributed by atoms with van der Waals surface area (Å²) in [6.07, 6.45) is -2.75. The monoisotopic (exact) mass is 453 g/mol. The van der Waals surface area contributed by atoms with E-state index in [1.54, 1.807) is 36.7 Å². The first kappa shape index (κ1) is 22.4. The van der Waals surface area contributed by atoms with Crippen LogP contribution in [0.4, 0.5) is 19.0 Å². The van der Waals surface area contributed by atoms with Crippen LogP contribution >= 0.6 is 0 Å². The van der Waals surface area contributed by atoms with Crippen LogP contribution in [0.3, 0.4) is 0 Å². The number of halogens is 3. The first-order valence-corrected chi connectivity index (χ1v) is 10.4. The van der Waals surface area contributed by atoms with Crippen LogP contribution in [0.1, 0.15) is 48.3 Å². The number of rotatable bonds is 6. The normalized spacial score (nSPS) is 11.8. The van der Waals surface area contributed by atoms with Crippen molar-refractivity contribution < 1.29 is 18.0 Å². The average Bonchev–Trinajstić information content (AvgIpc) is 3.21. The molecule has 170 valence electrons. The predicted molar refractivity (Wildman–Crippen MR) is 120 cm³/mol. The Morgan fingerprint density at radius 2 is 1.85 bits per heavy atom. The zero-order chi connectivity index (χ0) is 23.8. The van der Waals surface area contributed by atoms with Gasteiger partial charge in [-0.2, -0.15) is 13.2 Å². The number of imidazole rings is 1. The Kier molecular flexibility index (Phi) is 5.88. The predicted octanol–water partition coefficient (Wildman–Crippen LogP) is 5.91. The van der Waals surface area contributed by atoms with Gasteiger partial charge < -0.3 is 9.88 Å². The number of nitrogens with zero attached hydrogens (tertiary/aromatic N) is 4. The number of anilines is 1. The maximum Gasteiger partial charge on any atom is 0.416 e. The summed E-state index contributed by atoms with van der Waals surface area (Å²) in [5.74, 6) is 0.715. The first-order valence-electron chi connectivity index (χ1n) is 10.4. The number of hydrogen-bond acceptors (Lipinski definition) is 5. The maximum atomic E-state index is 13.1. The summed E-state index contributed by atoms with van der Waals surface area (Å²) in [5, 5.41) is 3.12. The van der Waals surface area contributed by atoms with Gasteiger partial charge >= 0.3 is 6.18 Å². The molecule has 9 heteroatoms. The fourth-order valence-corrected chi connectivity index (χ4v) is 3.47. The van der Waals surface area contributed by atoms with Crippen molar-refractivity contribution in [1.82, 2.24) is 19.5 Å². The Labute approximate surface area is 188 Å². The topological polar surface area (TPSA) is 72.7 Å². The summed E-state index contributed by atoms with van der Waals surface area (Å²) < 4.78 is 41.1. The van der Waals surface area contributed by atoms with Crippen molar-refractivity contribution in [3.05, 3.63) is 71.5 Å². The van der Waals surface area contributed by atoms with Gasteiger partial charge in [0.1, 0.15) is 5.52 Å². The Morgan fingerprint density at radius 1 is 1.09 bits per heavy atom. The van der Waals surface area contributed by atoms with Crippen molar-refractivity contribution in [3.8, 4) is 11.4 Å². The summed E-state index contributed by atoms with van der Waals surface area (Å²) in [7, 11) is 0. The molecule has 0 fully saturated rings. The fourth-order valence-electron chi connectivity index (χ4n) is 3.47. The van der Waals surface area contributed by atoms with Gasteiger partial charge in [-0.1, -0.05) is 30.3 Å². The maximum absolute atomic E-state index is 13.1. The van der Waals surface area contributed by atoms with Gasteiger partial charge in [-0.15, -0.1) is 0 Å². The molecule has 0 radical (unpaired) electrons. The molecular weight excluding hydrogens is 431 g/mol. The van der Waals surface area contributed by atoms with Gasteiger partial charge in [0.15, 0.2) is 23.1 Å². The second kappa shape index (κ2) is 8.65. The van der Waals surface area contributed by atoms with Gasteiger partial charge in [0, 0.05) is 23.7 Å². The van der Waals surface area contributed by atoms with E-state index < -0.39 is 11.7 Å². The lowest BCUT2D eigenvalue weighted by atomic mass is 10.1. The molecule has 0 aliphatic carbocycles. The van der Waals surface area contributed by atoms with Crippen LogP contribution in [0.5, 0.6) is 0 Å². The molecule has 33 heavy (non-hydrogen) atoms. The van der Waals surface area contributed by atoms with Crippen LogP contribution in [-0.2, 0) is 12.7 Å². The minimum atomic E-state index is -4.41. The van der Waals surface area contributed by atoms with Gasteiger partial charge in [0.05, 0.1) is 11.9 Å². The Bertz CT molecular complexity index is 1330. The van der Waals surface area contributed by atoms with Crippen molar-refractivity contribution in [3.63, 3.8) is 0 Å². The number of nitrogens with one attached hydrogen (secondary N) is 1. The Hall–Kier alpha value is -3.75. The van der Waals surface area contributed by atoms with E-state index in [-0.39, 0.29) is 18.4 Å². The van der Waals surface area contributed by atoms with E-state index >= 15 is 0 Å². The molecule has 1 N–H and O–H groups in total. The quantitative estimate of drug-likeness (QED) is 0.368. The minimum absolute atomic E-state index is 0.0759. The highest BCUT2D eigenvalue weighted by Gasteiger charge is 2.30. The lowest BCUT2D eigenvalue weighted by molar-refractivity contribution is -0.137. The number of carbonyl (C=O) groups excluding carboxylic acids is 1. The van der Waals surface area contributed by atoms with E-state index in [1.807, 2.05) is 18.4 Å². The van der Waals surface area contributed by atoms with Crippen LogP contribution in [0.15, 0.2) is 54.9 Å². The molecule has 2 aromatic heterocycles. The number of fused-ring (bicyclic) bond motifs is 1. The number of benzene rings is 2. The third-order valence-electron chi connectivity index (χ3n) is 5.22. The summed E-state index contributed by atoms with van der Waals surface area (Å²) >= 11 is 0. The molecular formula is C24H22F3N5O. The molecule has 0 saturated carbocycles. The van der Waals surface area contributed by atoms with E-state index in [9.17, 15) is 18.0 Å². The van der Waals surface area contributed by atoms with Crippen LogP contribution in [0.2, 0.25) is 0 Å². The smallest absolute Gasteiger partial charge is 0.364 e. The molecule has 0 amide bonds. The van der Waals surface area contributed by atoms with E-state index in [2.05, 4.69) is 20.3 Å². The molecule has 0 spiro atoms. The first-order chi connectivity index (χ1) is 15.6. The lowest BCUT2D eigenvalue weighted by Gasteiger charge is -2.12. The minimum Gasteiger partial charge on any atom is -0.364 e. The SMILES string of the molecule is CC(=O)c1cccc(-c2nc(NCc3cccc(C(F)(F)F)c3)c3ncn(C(C)C)c3n2)c1. The van der Waals surface area contributed by atoms with Gasteiger partial charge in [0.25, 0.3) is 0 Å². The average molecular weight is 453 g/mol. The zero-order valence-corrected chi connectivity index (χ0v) is 18.3. The highest BCUT2D eigenvalue weighted by molar-refractivity contribution is 5.95. The lowest BCUT2D eigenvalue weighted by Crippen LogP contribution is -2.08. The summed E-state index contributed by atoms with van der Waals surface area (Å²) in [4.78, 5) is 25.5. The molecule has 0 bridgehead atoms. The summed E-state index contributed by atoms with van der Waals surface area (Å²) in [5.41, 5.74) is 2.05. The van der Waals surface area contributed by atoms with Gasteiger partial charge in [-0.05, 0) is 44.5 Å². The summed E-state index contributed by atoms with van der Waals surface area (Å²) in [6, 6.07) is 12.2. The Balaban J connectivity index is 1.76. The third kappa shape index (κ3) is 4.72. The van der Waals surface area contributed by atoms with Crippen molar-refractivity contribution in [2.75, 3.05) is 5.32 Å². The molecule has 4 aromatic rings. The standard InChI is InChI=1S/C24H22F3N5O/c1-14(2)32-13-29-20-22(28-12-16-6-4-9-19(10-16)24(25,26)27)30-21(31-23(20)32)18-8-5-7-17(11-18)15(3)33/h4-11,13-14H,12H2,1-3H3,(H,28,30,31). The van der Waals surface area contributed by atoms with Crippen molar-refractivity contribution >= 4 is 22.8 Å². The third-order valence-corrected chi connectivity index (χ3v) is 5.22. The zero-order valence-electron chi connectivity index (χ0n) is 18.3. The second-order valence-corrected chi connectivity index (χ2v) is 8.00. The van der Waals surface area contributed by atoms with Crippen LogP contribution < -0.4 is 5.32 Å². The summed E-state index contributed by atoms with van der Waals surface area (Å²) in [6.45, 7) is 5.60. The van der Waals surface area contributed by atoms with Gasteiger partial charge in [-0.3, -0.25) is 4.79 Å². The fraction of sp³-hybridized carbons (Fsp3) is 0.250. The number of Topliss-reactive ketones (excluding diaryl/α,β-unsaturated/α-hetero) is 1. The highest BCUT2D eigenvalue weighted by Crippen LogP contribution is 2.30. The number of carbonyl (C=O) groups is 1. The largest absolute Gasteiger partial charge is 0.416 e. The van der Waals surface area contributed by atoms with Crippen molar-refractivity contribution in [2.24, 2.45) is 0 Å². The van der Waals surface area contributed by atoms with E-state index in [0.717, 1.165) is 12.1 Å². The molecule has 0 aliphatic heterocycles. The van der Waals surface area contributed by atoms with E-state index in [4.69, 9.17) is 0 Å². The van der Waals surface area contributed by atoms with Gasteiger partial charge in [-0.25, -0.2) is 15.0 Å². The Morgan fingerprint density at radius 3 is 2.55 bits per heavy atom. The molecule has 2 aromatic carbocycles. The van der Waals surface area contributed by atoms with E-state index in [1.165, 1.54) is 13.0 Å². The number of hydrogen-bond donors (Lipinski definition) is 1.